The van der Waals surface area contributed by atoms with Crippen LogP contribution in [0, 0.1) is 0 Å². The van der Waals surface area contributed by atoms with Crippen molar-refractivity contribution in [3.8, 4) is 0 Å². The monoisotopic (exact) mass is 277 g/mol. The van der Waals surface area contributed by atoms with E-state index < -0.39 is 12.8 Å². The number of amides is 1. The molecule has 0 radical (unpaired) electrons. The molecule has 92 valence electrons. The fraction of sp³-hybridized carbons (Fsp3) is 0.444. The Kier molecular flexibility index (Phi) is 3.90. The van der Waals surface area contributed by atoms with E-state index in [1.165, 1.54) is 11.3 Å². The third-order valence-electron chi connectivity index (χ3n) is 2.14. The summed E-state index contributed by atoms with van der Waals surface area (Å²) in [6, 6.07) is 0. The maximum atomic E-state index is 12.4. The van der Waals surface area contributed by atoms with E-state index >= 15 is 0 Å². The number of ether oxygens (including phenoxy) is 1. The molecule has 0 bridgehead atoms. The zero-order valence-corrected chi connectivity index (χ0v) is 10.3. The molecule has 0 spiro atoms. The first kappa shape index (κ1) is 12.3. The van der Waals surface area contributed by atoms with Gasteiger partial charge in [-0.15, -0.1) is 11.3 Å². The van der Waals surface area contributed by atoms with Crippen LogP contribution in [0.25, 0.3) is 0 Å². The quantitative estimate of drug-likeness (QED) is 0.846. The molecule has 0 aromatic carbocycles. The van der Waals surface area contributed by atoms with Crippen LogP contribution in [-0.4, -0.2) is 41.6 Å². The number of alkyl halides is 1. The lowest BCUT2D eigenvalue weighted by Gasteiger charge is -2.20. The lowest BCUT2D eigenvalue weighted by atomic mass is 10.4. The highest BCUT2D eigenvalue weighted by molar-refractivity contribution is 7.15. The average molecular weight is 278 g/mol. The van der Waals surface area contributed by atoms with E-state index in [4.69, 9.17) is 16.3 Å². The van der Waals surface area contributed by atoms with Crippen molar-refractivity contribution in [2.24, 2.45) is 4.99 Å². The number of nitrogens with zero attached hydrogens (tertiary/aromatic N) is 3. The van der Waals surface area contributed by atoms with Gasteiger partial charge in [-0.25, -0.2) is 14.2 Å². The van der Waals surface area contributed by atoms with Crippen LogP contribution in [0.4, 0.5) is 9.18 Å². The molecule has 1 amide bonds. The van der Waals surface area contributed by atoms with Crippen molar-refractivity contribution in [3.05, 3.63) is 15.5 Å². The molecule has 0 N–H and O–H groups in total. The average Bonchev–Trinajstić information content (AvgIpc) is 2.87. The van der Waals surface area contributed by atoms with Crippen LogP contribution in [0.1, 0.15) is 4.88 Å². The topological polar surface area (TPSA) is 54.8 Å². The normalized spacial score (nSPS) is 14.7. The number of rotatable bonds is 4. The van der Waals surface area contributed by atoms with E-state index in [1.807, 2.05) is 0 Å². The molecule has 0 aliphatic carbocycles. The minimum absolute atomic E-state index is 0.0887. The Hall–Kier alpha value is -1.21. The number of cyclic esters (lactones) is 1. The number of amidine groups is 1. The molecule has 17 heavy (non-hydrogen) atoms. The minimum atomic E-state index is -0.633. The zero-order valence-electron chi connectivity index (χ0n) is 8.73. The Morgan fingerprint density at radius 3 is 3.00 bits per heavy atom. The number of aliphatic imine (C=N–C) groups is 1. The molecule has 0 unspecified atom stereocenters. The van der Waals surface area contributed by atoms with Crippen molar-refractivity contribution in [1.29, 1.82) is 0 Å². The first-order valence-corrected chi connectivity index (χ1v) is 6.04. The second-order valence-electron chi connectivity index (χ2n) is 3.27. The summed E-state index contributed by atoms with van der Waals surface area (Å²) in [4.78, 5) is 21.0. The largest absolute Gasteiger partial charge is 0.440 e. The standard InChI is InChI=1S/C9H9ClFN3O2S/c10-8-12-3-6(17-8)4-14(2-1-11)7-5-16-9(15)13-7/h3H,1-2,4-5H2. The van der Waals surface area contributed by atoms with E-state index in [9.17, 15) is 9.18 Å². The van der Waals surface area contributed by atoms with Gasteiger partial charge in [0.05, 0.1) is 6.54 Å². The van der Waals surface area contributed by atoms with Gasteiger partial charge in [0, 0.05) is 17.6 Å². The van der Waals surface area contributed by atoms with Crippen LogP contribution in [0.2, 0.25) is 4.47 Å². The van der Waals surface area contributed by atoms with Crippen molar-refractivity contribution < 1.29 is 13.9 Å². The van der Waals surface area contributed by atoms with Gasteiger partial charge in [0.2, 0.25) is 0 Å². The van der Waals surface area contributed by atoms with Crippen molar-refractivity contribution in [2.45, 2.75) is 6.54 Å². The molecule has 0 saturated carbocycles. The summed E-state index contributed by atoms with van der Waals surface area (Å²) in [5.41, 5.74) is 0. The maximum absolute atomic E-state index is 12.4. The van der Waals surface area contributed by atoms with Crippen LogP contribution >= 0.6 is 22.9 Å². The maximum Gasteiger partial charge on any atom is 0.435 e. The van der Waals surface area contributed by atoms with E-state index in [1.54, 1.807) is 11.1 Å². The van der Waals surface area contributed by atoms with Crippen LogP contribution in [0.5, 0.6) is 0 Å². The predicted molar refractivity (Wildman–Crippen MR) is 62.3 cm³/mol. The Bertz CT molecular complexity index is 451. The van der Waals surface area contributed by atoms with E-state index in [0.29, 0.717) is 16.8 Å². The molecule has 5 nitrogen and oxygen atoms in total. The summed E-state index contributed by atoms with van der Waals surface area (Å²) in [6.45, 7) is 0.139. The van der Waals surface area contributed by atoms with Crippen LogP contribution in [-0.2, 0) is 11.3 Å². The Labute approximate surface area is 106 Å². The van der Waals surface area contributed by atoms with Gasteiger partial charge in [-0.3, -0.25) is 0 Å². The number of hydrogen-bond donors (Lipinski definition) is 0. The van der Waals surface area contributed by atoms with Crippen LogP contribution < -0.4 is 0 Å². The highest BCUT2D eigenvalue weighted by Crippen LogP contribution is 2.20. The summed E-state index contributed by atoms with van der Waals surface area (Å²) in [5.74, 6) is 0.442. The van der Waals surface area contributed by atoms with Crippen LogP contribution in [0.15, 0.2) is 11.2 Å². The highest BCUT2D eigenvalue weighted by Gasteiger charge is 2.21. The SMILES string of the molecule is O=C1N=C(N(CCF)Cc2cnc(Cl)s2)CO1. The summed E-state index contributed by atoms with van der Waals surface area (Å²) < 4.78 is 17.6. The third kappa shape index (κ3) is 3.13. The molecule has 8 heteroatoms. The number of carbonyl (C=O) groups is 1. The fourth-order valence-electron chi connectivity index (χ4n) is 1.40. The Morgan fingerprint density at radius 1 is 1.65 bits per heavy atom. The number of aromatic nitrogens is 1. The molecule has 1 aliphatic rings. The summed E-state index contributed by atoms with van der Waals surface area (Å²) in [7, 11) is 0. The summed E-state index contributed by atoms with van der Waals surface area (Å²) in [5, 5.41) is 0. The molecule has 1 aromatic heterocycles. The predicted octanol–water partition coefficient (Wildman–Crippen LogP) is 2.12. The first-order valence-electron chi connectivity index (χ1n) is 4.84. The molecule has 2 heterocycles. The van der Waals surface area contributed by atoms with Gasteiger partial charge in [-0.05, 0) is 0 Å². The lowest BCUT2D eigenvalue weighted by Crippen LogP contribution is -2.33. The Balaban J connectivity index is 2.07. The fourth-order valence-corrected chi connectivity index (χ4v) is 2.40. The zero-order chi connectivity index (χ0) is 12.3. The van der Waals surface area contributed by atoms with Crippen molar-refractivity contribution in [1.82, 2.24) is 9.88 Å². The van der Waals surface area contributed by atoms with Gasteiger partial charge in [0.25, 0.3) is 0 Å². The smallest absolute Gasteiger partial charge is 0.435 e. The second-order valence-corrected chi connectivity index (χ2v) is 4.97. The number of hydrogen-bond acceptors (Lipinski definition) is 5. The van der Waals surface area contributed by atoms with Crippen molar-refractivity contribution in [2.75, 3.05) is 19.8 Å². The van der Waals surface area contributed by atoms with E-state index in [2.05, 4.69) is 9.98 Å². The molecule has 0 atom stereocenters. The van der Waals surface area contributed by atoms with Crippen molar-refractivity contribution in [3.63, 3.8) is 0 Å². The molecular weight excluding hydrogens is 269 g/mol. The third-order valence-corrected chi connectivity index (χ3v) is 3.24. The molecule has 2 rings (SSSR count). The van der Waals surface area contributed by atoms with E-state index in [-0.39, 0.29) is 13.2 Å². The second kappa shape index (κ2) is 5.42. The van der Waals surface area contributed by atoms with E-state index in [0.717, 1.165) is 4.88 Å². The lowest BCUT2D eigenvalue weighted by molar-refractivity contribution is 0.179. The van der Waals surface area contributed by atoms with Gasteiger partial charge >= 0.3 is 6.09 Å². The number of halogens is 2. The van der Waals surface area contributed by atoms with Gasteiger partial charge in [-0.2, -0.15) is 4.99 Å². The summed E-state index contributed by atoms with van der Waals surface area (Å²) >= 11 is 7.02. The van der Waals surface area contributed by atoms with Crippen LogP contribution in [0.3, 0.4) is 0 Å². The molecule has 1 aliphatic heterocycles. The number of carbonyl (C=O) groups excluding carboxylic acids is 1. The first-order chi connectivity index (χ1) is 8.19. The molecule has 0 fully saturated rings. The highest BCUT2D eigenvalue weighted by atomic mass is 35.5. The van der Waals surface area contributed by atoms with Gasteiger partial charge in [0.1, 0.15) is 6.67 Å². The van der Waals surface area contributed by atoms with Gasteiger partial charge < -0.3 is 9.64 Å². The van der Waals surface area contributed by atoms with Gasteiger partial charge in [0.15, 0.2) is 16.9 Å². The number of thiazole rings is 1. The van der Waals surface area contributed by atoms with Crippen molar-refractivity contribution >= 4 is 34.9 Å². The minimum Gasteiger partial charge on any atom is -0.440 e. The molecule has 0 saturated heterocycles. The Morgan fingerprint density at radius 2 is 2.47 bits per heavy atom. The summed E-state index contributed by atoms with van der Waals surface area (Å²) in [6.07, 6.45) is 0.988. The molecular formula is C9H9ClFN3O2S. The molecule has 1 aromatic rings. The van der Waals surface area contributed by atoms with Gasteiger partial charge in [-0.1, -0.05) is 11.6 Å².